The molecule has 0 radical (unpaired) electrons. The number of allylic oxidation sites excluding steroid dienone is 1. The predicted octanol–water partition coefficient (Wildman–Crippen LogP) is 4.46. The van der Waals surface area contributed by atoms with Gasteiger partial charge in [0.1, 0.15) is 0 Å². The molecule has 0 aromatic rings. The first kappa shape index (κ1) is 12.0. The maximum atomic E-state index is 3.96. The van der Waals surface area contributed by atoms with Crippen molar-refractivity contribution in [3.05, 3.63) is 12.2 Å². The molecule has 0 rings (SSSR count). The van der Waals surface area contributed by atoms with E-state index in [1.54, 1.807) is 0 Å². The van der Waals surface area contributed by atoms with Crippen LogP contribution in [0.4, 0.5) is 0 Å². The van der Waals surface area contributed by atoms with E-state index < -0.39 is 8.07 Å². The van der Waals surface area contributed by atoms with Crippen molar-refractivity contribution in [3.63, 3.8) is 0 Å². The van der Waals surface area contributed by atoms with Crippen LogP contribution in [-0.2, 0) is 0 Å². The second-order valence-electron chi connectivity index (χ2n) is 5.59. The van der Waals surface area contributed by atoms with Crippen LogP contribution in [0.25, 0.3) is 0 Å². The van der Waals surface area contributed by atoms with E-state index >= 15 is 0 Å². The lowest BCUT2D eigenvalue weighted by Gasteiger charge is -2.37. The lowest BCUT2D eigenvalue weighted by atomic mass is 10.2. The molecule has 0 aliphatic carbocycles. The van der Waals surface area contributed by atoms with E-state index in [9.17, 15) is 0 Å². The van der Waals surface area contributed by atoms with Gasteiger partial charge in [-0.2, -0.15) is 0 Å². The quantitative estimate of drug-likeness (QED) is 0.449. The molecule has 0 heterocycles. The second kappa shape index (κ2) is 3.78. The average Bonchev–Trinajstić information content (AvgIpc) is 1.81. The highest BCUT2D eigenvalue weighted by atomic mass is 28.3. The van der Waals surface area contributed by atoms with Crippen molar-refractivity contribution in [2.45, 2.75) is 58.3 Å². The molecule has 1 heteroatoms. The number of hydrogen-bond donors (Lipinski definition) is 0. The summed E-state index contributed by atoms with van der Waals surface area (Å²) in [5, 5.41) is 0.530. The van der Waals surface area contributed by atoms with E-state index in [1.165, 1.54) is 18.0 Å². The van der Waals surface area contributed by atoms with Crippen molar-refractivity contribution in [2.24, 2.45) is 0 Å². The Kier molecular flexibility index (Phi) is 3.76. The van der Waals surface area contributed by atoms with Gasteiger partial charge in [0.2, 0.25) is 0 Å². The third kappa shape index (κ3) is 3.57. The summed E-state index contributed by atoms with van der Waals surface area (Å²) in [4.78, 5) is 0. The molecule has 0 aromatic carbocycles. The summed E-state index contributed by atoms with van der Waals surface area (Å²) < 4.78 is 0. The van der Waals surface area contributed by atoms with Crippen LogP contribution < -0.4 is 0 Å². The molecule has 0 atom stereocenters. The highest BCUT2D eigenvalue weighted by Crippen LogP contribution is 2.39. The smallest absolute Gasteiger partial charge is 0.0530 e. The van der Waals surface area contributed by atoms with E-state index in [4.69, 9.17) is 0 Å². The Balaban J connectivity index is 4.14. The van der Waals surface area contributed by atoms with Gasteiger partial charge in [-0.05, 0) is 18.4 Å². The molecule has 0 nitrogen and oxygen atoms in total. The second-order valence-corrected chi connectivity index (χ2v) is 11.4. The minimum atomic E-state index is -1.03. The Bertz CT molecular complexity index is 160. The Labute approximate surface area is 79.1 Å². The Morgan fingerprint density at radius 2 is 1.67 bits per heavy atom. The molecule has 0 aliphatic rings. The van der Waals surface area contributed by atoms with Gasteiger partial charge in [-0.1, -0.05) is 45.5 Å². The van der Waals surface area contributed by atoms with Gasteiger partial charge in [0, 0.05) is 0 Å². The van der Waals surface area contributed by atoms with E-state index in [1.807, 2.05) is 0 Å². The zero-order valence-electron chi connectivity index (χ0n) is 9.62. The first-order valence-electron chi connectivity index (χ1n) is 4.81. The van der Waals surface area contributed by atoms with Crippen LogP contribution in [-0.4, -0.2) is 8.07 Å². The van der Waals surface area contributed by atoms with Crippen molar-refractivity contribution in [1.82, 2.24) is 0 Å². The van der Waals surface area contributed by atoms with E-state index in [0.717, 1.165) is 0 Å². The third-order valence-corrected chi connectivity index (χ3v) is 8.77. The molecule has 0 aromatic heterocycles. The van der Waals surface area contributed by atoms with E-state index in [0.29, 0.717) is 5.04 Å². The zero-order valence-corrected chi connectivity index (χ0v) is 10.6. The van der Waals surface area contributed by atoms with Gasteiger partial charge in [0.15, 0.2) is 0 Å². The predicted molar refractivity (Wildman–Crippen MR) is 61.4 cm³/mol. The maximum absolute atomic E-state index is 3.96. The molecule has 0 amide bonds. The molecule has 72 valence electrons. The average molecular weight is 184 g/mol. The molecule has 0 saturated carbocycles. The fourth-order valence-corrected chi connectivity index (χ4v) is 2.70. The molecule has 0 N–H and O–H groups in total. The summed E-state index contributed by atoms with van der Waals surface area (Å²) in [6, 6.07) is 1.38. The molecule has 0 unspecified atom stereocenters. The first-order valence-corrected chi connectivity index (χ1v) is 8.02. The van der Waals surface area contributed by atoms with Gasteiger partial charge in [0.05, 0.1) is 8.07 Å². The Hall–Kier alpha value is -0.0431. The van der Waals surface area contributed by atoms with Crippen LogP contribution in [0.1, 0.15) is 34.1 Å². The molecule has 0 bridgehead atoms. The summed E-state index contributed by atoms with van der Waals surface area (Å²) in [6.07, 6.45) is 1.22. The largest absolute Gasteiger partial charge is 0.100 e. The van der Waals surface area contributed by atoms with Gasteiger partial charge in [0.25, 0.3) is 0 Å². The van der Waals surface area contributed by atoms with Crippen LogP contribution in [0.5, 0.6) is 0 Å². The SMILES string of the molecule is C=C(C)CC[Si](C)(C)C(C)(C)C. The van der Waals surface area contributed by atoms with Crippen LogP contribution >= 0.6 is 0 Å². The lowest BCUT2D eigenvalue weighted by molar-refractivity contribution is 0.711. The molecule has 12 heavy (non-hydrogen) atoms. The van der Waals surface area contributed by atoms with Gasteiger partial charge in [-0.15, -0.1) is 6.58 Å². The summed E-state index contributed by atoms with van der Waals surface area (Å²) >= 11 is 0. The zero-order chi connectivity index (χ0) is 9.99. The standard InChI is InChI=1S/C11H24Si/c1-10(2)8-9-12(6,7)11(3,4)5/h1,8-9H2,2-7H3. The van der Waals surface area contributed by atoms with Crippen molar-refractivity contribution in [2.75, 3.05) is 0 Å². The van der Waals surface area contributed by atoms with Crippen LogP contribution in [0, 0.1) is 0 Å². The van der Waals surface area contributed by atoms with Crippen LogP contribution in [0.3, 0.4) is 0 Å². The molecular formula is C11H24Si. The van der Waals surface area contributed by atoms with Gasteiger partial charge >= 0.3 is 0 Å². The van der Waals surface area contributed by atoms with Crippen LogP contribution in [0.15, 0.2) is 12.2 Å². The topological polar surface area (TPSA) is 0 Å². The van der Waals surface area contributed by atoms with Gasteiger partial charge < -0.3 is 0 Å². The van der Waals surface area contributed by atoms with Crippen LogP contribution in [0.2, 0.25) is 24.2 Å². The molecule has 0 fully saturated rings. The third-order valence-electron chi connectivity index (χ3n) is 3.21. The summed E-state index contributed by atoms with van der Waals surface area (Å²) in [5.74, 6) is 0. The minimum Gasteiger partial charge on any atom is -0.100 e. The van der Waals surface area contributed by atoms with E-state index in [2.05, 4.69) is 47.4 Å². The number of hydrogen-bond acceptors (Lipinski definition) is 0. The van der Waals surface area contributed by atoms with Gasteiger partial charge in [-0.25, -0.2) is 0 Å². The monoisotopic (exact) mass is 184 g/mol. The molecule has 0 aliphatic heterocycles. The highest BCUT2D eigenvalue weighted by molar-refractivity contribution is 6.80. The minimum absolute atomic E-state index is 0.530. The molecule has 0 spiro atoms. The first-order chi connectivity index (χ1) is 5.17. The van der Waals surface area contributed by atoms with Crippen molar-refractivity contribution >= 4 is 8.07 Å². The Morgan fingerprint density at radius 3 is 1.92 bits per heavy atom. The van der Waals surface area contributed by atoms with Gasteiger partial charge in [-0.3, -0.25) is 0 Å². The summed E-state index contributed by atoms with van der Waals surface area (Å²) in [7, 11) is -1.03. The maximum Gasteiger partial charge on any atom is 0.0530 e. The molecular weight excluding hydrogens is 160 g/mol. The van der Waals surface area contributed by atoms with Crippen molar-refractivity contribution in [3.8, 4) is 0 Å². The summed E-state index contributed by atoms with van der Waals surface area (Å²) in [6.45, 7) is 18.2. The fourth-order valence-electron chi connectivity index (χ4n) is 0.901. The van der Waals surface area contributed by atoms with Crippen molar-refractivity contribution in [1.29, 1.82) is 0 Å². The van der Waals surface area contributed by atoms with Crippen molar-refractivity contribution < 1.29 is 0 Å². The van der Waals surface area contributed by atoms with E-state index in [-0.39, 0.29) is 0 Å². The Morgan fingerprint density at radius 1 is 1.25 bits per heavy atom. The highest BCUT2D eigenvalue weighted by Gasteiger charge is 2.33. The summed E-state index contributed by atoms with van der Waals surface area (Å²) in [5.41, 5.74) is 1.33. The molecule has 0 saturated heterocycles. The number of rotatable bonds is 3. The normalized spacial score (nSPS) is 13.2. The fraction of sp³-hybridized carbons (Fsp3) is 0.818. The lowest BCUT2D eigenvalue weighted by Crippen LogP contribution is -2.36.